The molecular weight excluding hydrogens is 220 g/mol. The Bertz CT molecular complexity index is 358. The third kappa shape index (κ3) is 2.29. The largest absolute Gasteiger partial charge is 0.481 e. The molecule has 1 N–H and O–H groups in total. The summed E-state index contributed by atoms with van der Waals surface area (Å²) < 4.78 is 0. The fourth-order valence-corrected chi connectivity index (χ4v) is 3.54. The van der Waals surface area contributed by atoms with Gasteiger partial charge in [-0.3, -0.25) is 4.79 Å². The van der Waals surface area contributed by atoms with Gasteiger partial charge in [0, 0.05) is 0 Å². The van der Waals surface area contributed by atoms with Crippen molar-refractivity contribution in [2.24, 2.45) is 11.3 Å². The van der Waals surface area contributed by atoms with Crippen LogP contribution in [0.25, 0.3) is 0 Å². The molecule has 0 aliphatic heterocycles. The molecule has 1 aromatic rings. The summed E-state index contributed by atoms with van der Waals surface area (Å²) in [4.78, 5) is 11.6. The first-order chi connectivity index (χ1) is 7.62. The summed E-state index contributed by atoms with van der Waals surface area (Å²) in [5.41, 5.74) is 0.681. The van der Waals surface area contributed by atoms with Crippen LogP contribution in [0.4, 0.5) is 0 Å². The molecule has 0 amide bonds. The Kier molecular flexibility index (Phi) is 3.33. The Morgan fingerprint density at radius 3 is 3.06 bits per heavy atom. The topological polar surface area (TPSA) is 37.3 Å². The minimum Gasteiger partial charge on any atom is -0.481 e. The van der Waals surface area contributed by atoms with E-state index in [0.717, 1.165) is 19.3 Å². The molecule has 1 fully saturated rings. The van der Waals surface area contributed by atoms with Crippen LogP contribution in [0, 0.1) is 11.3 Å². The van der Waals surface area contributed by atoms with Crippen molar-refractivity contribution in [3.63, 3.8) is 0 Å². The van der Waals surface area contributed by atoms with Crippen molar-refractivity contribution in [3.05, 3.63) is 22.4 Å². The zero-order valence-electron chi connectivity index (χ0n) is 9.61. The predicted molar refractivity (Wildman–Crippen MR) is 65.7 cm³/mol. The van der Waals surface area contributed by atoms with E-state index in [2.05, 4.69) is 18.4 Å². The fourth-order valence-electron chi connectivity index (χ4n) is 2.87. The zero-order chi connectivity index (χ0) is 11.6. The number of aliphatic carboxylic acids is 1. The van der Waals surface area contributed by atoms with Crippen molar-refractivity contribution in [2.75, 3.05) is 0 Å². The van der Waals surface area contributed by atoms with Crippen molar-refractivity contribution in [1.82, 2.24) is 0 Å². The zero-order valence-corrected chi connectivity index (χ0v) is 10.4. The second-order valence-electron chi connectivity index (χ2n) is 5.10. The van der Waals surface area contributed by atoms with Crippen molar-refractivity contribution < 1.29 is 9.90 Å². The maximum absolute atomic E-state index is 11.6. The smallest absolute Gasteiger partial charge is 0.309 e. The van der Waals surface area contributed by atoms with Gasteiger partial charge in [0.15, 0.2) is 0 Å². The molecular formula is C13H18O2S. The summed E-state index contributed by atoms with van der Waals surface area (Å²) >= 11 is 1.65. The van der Waals surface area contributed by atoms with E-state index < -0.39 is 11.4 Å². The van der Waals surface area contributed by atoms with Crippen molar-refractivity contribution >= 4 is 17.3 Å². The van der Waals surface area contributed by atoms with Gasteiger partial charge in [-0.1, -0.05) is 19.8 Å². The molecule has 1 aliphatic carbocycles. The lowest BCUT2D eigenvalue weighted by Crippen LogP contribution is -2.37. The molecule has 2 rings (SSSR count). The maximum Gasteiger partial charge on any atom is 0.309 e. The first kappa shape index (κ1) is 11.6. The van der Waals surface area contributed by atoms with Gasteiger partial charge in [0.1, 0.15) is 0 Å². The molecule has 3 heteroatoms. The number of carbonyl (C=O) groups is 1. The van der Waals surface area contributed by atoms with E-state index in [9.17, 15) is 9.90 Å². The molecule has 2 nitrogen and oxygen atoms in total. The van der Waals surface area contributed by atoms with E-state index >= 15 is 0 Å². The quantitative estimate of drug-likeness (QED) is 0.874. The Labute approximate surface area is 100 Å². The van der Waals surface area contributed by atoms with Gasteiger partial charge in [0.05, 0.1) is 5.41 Å². The highest BCUT2D eigenvalue weighted by atomic mass is 32.1. The molecule has 0 radical (unpaired) electrons. The normalized spacial score (nSPS) is 30.2. The fraction of sp³-hybridized carbons (Fsp3) is 0.615. The Balaban J connectivity index is 2.18. The third-order valence-electron chi connectivity index (χ3n) is 3.67. The molecule has 1 aromatic heterocycles. The van der Waals surface area contributed by atoms with Gasteiger partial charge in [0.25, 0.3) is 0 Å². The summed E-state index contributed by atoms with van der Waals surface area (Å²) in [6.07, 6.45) is 4.60. The van der Waals surface area contributed by atoms with Gasteiger partial charge in [0.2, 0.25) is 0 Å². The van der Waals surface area contributed by atoms with E-state index in [0.29, 0.717) is 12.3 Å². The van der Waals surface area contributed by atoms with Crippen molar-refractivity contribution in [1.29, 1.82) is 0 Å². The summed E-state index contributed by atoms with van der Waals surface area (Å²) in [5, 5.41) is 13.6. The van der Waals surface area contributed by atoms with Gasteiger partial charge in [-0.05, 0) is 47.6 Å². The summed E-state index contributed by atoms with van der Waals surface area (Å²) in [7, 11) is 0. The number of thiophene rings is 1. The highest BCUT2D eigenvalue weighted by Gasteiger charge is 2.41. The van der Waals surface area contributed by atoms with Crippen LogP contribution in [0.3, 0.4) is 0 Å². The van der Waals surface area contributed by atoms with Crippen LogP contribution in [0.5, 0.6) is 0 Å². The van der Waals surface area contributed by atoms with E-state index in [1.165, 1.54) is 12.0 Å². The highest BCUT2D eigenvalue weighted by molar-refractivity contribution is 7.07. The first-order valence-corrected chi connectivity index (χ1v) is 6.81. The second kappa shape index (κ2) is 4.58. The summed E-state index contributed by atoms with van der Waals surface area (Å²) in [6.45, 7) is 2.17. The molecule has 2 unspecified atom stereocenters. The van der Waals surface area contributed by atoms with Crippen molar-refractivity contribution in [3.8, 4) is 0 Å². The molecule has 88 valence electrons. The number of carboxylic acids is 1. The maximum atomic E-state index is 11.6. The number of carboxylic acid groups (broad SMARTS) is 1. The van der Waals surface area contributed by atoms with Crippen LogP contribution in [0.2, 0.25) is 0 Å². The second-order valence-corrected chi connectivity index (χ2v) is 5.88. The lowest BCUT2D eigenvalue weighted by molar-refractivity contribution is -0.152. The van der Waals surface area contributed by atoms with Gasteiger partial charge >= 0.3 is 5.97 Å². The minimum atomic E-state index is -0.606. The Morgan fingerprint density at radius 2 is 2.50 bits per heavy atom. The number of rotatable bonds is 3. The van der Waals surface area contributed by atoms with Crippen LogP contribution in [0.15, 0.2) is 16.8 Å². The van der Waals surface area contributed by atoms with Crippen LogP contribution < -0.4 is 0 Å². The standard InChI is InChI=1S/C13H18O2S/c1-10-3-2-5-13(7-10,12(14)15)8-11-4-6-16-9-11/h4,6,9-10H,2-3,5,7-8H2,1H3,(H,14,15). The Morgan fingerprint density at radius 1 is 1.69 bits per heavy atom. The predicted octanol–water partition coefficient (Wildman–Crippen LogP) is 3.57. The molecule has 0 aromatic carbocycles. The highest BCUT2D eigenvalue weighted by Crippen LogP contribution is 2.42. The van der Waals surface area contributed by atoms with Gasteiger partial charge in [-0.25, -0.2) is 0 Å². The van der Waals surface area contributed by atoms with Gasteiger partial charge < -0.3 is 5.11 Å². The van der Waals surface area contributed by atoms with Crippen LogP contribution in [-0.4, -0.2) is 11.1 Å². The average Bonchev–Trinajstić information content (AvgIpc) is 2.70. The molecule has 0 saturated heterocycles. The van der Waals surface area contributed by atoms with Gasteiger partial charge in [-0.2, -0.15) is 11.3 Å². The van der Waals surface area contributed by atoms with E-state index in [-0.39, 0.29) is 0 Å². The van der Waals surface area contributed by atoms with Crippen LogP contribution in [-0.2, 0) is 11.2 Å². The Hall–Kier alpha value is -0.830. The SMILES string of the molecule is CC1CCCC(Cc2ccsc2)(C(=O)O)C1. The molecule has 16 heavy (non-hydrogen) atoms. The summed E-state index contributed by atoms with van der Waals surface area (Å²) in [5.74, 6) is -0.0614. The van der Waals surface area contributed by atoms with Crippen LogP contribution in [0.1, 0.15) is 38.2 Å². The molecule has 0 spiro atoms. The first-order valence-electron chi connectivity index (χ1n) is 5.87. The minimum absolute atomic E-state index is 0.501. The number of hydrogen-bond acceptors (Lipinski definition) is 2. The third-order valence-corrected chi connectivity index (χ3v) is 4.40. The molecule has 1 heterocycles. The summed E-state index contributed by atoms with van der Waals surface area (Å²) in [6, 6.07) is 2.05. The lowest BCUT2D eigenvalue weighted by atomic mass is 9.67. The van der Waals surface area contributed by atoms with Crippen LogP contribution >= 0.6 is 11.3 Å². The molecule has 0 bridgehead atoms. The molecule has 2 atom stereocenters. The number of hydrogen-bond donors (Lipinski definition) is 1. The monoisotopic (exact) mass is 238 g/mol. The average molecular weight is 238 g/mol. The van der Waals surface area contributed by atoms with Crippen molar-refractivity contribution in [2.45, 2.75) is 39.0 Å². The molecule has 1 saturated carbocycles. The van der Waals surface area contributed by atoms with Gasteiger partial charge in [-0.15, -0.1) is 0 Å². The van der Waals surface area contributed by atoms with E-state index in [4.69, 9.17) is 0 Å². The van der Waals surface area contributed by atoms with E-state index in [1.807, 2.05) is 5.38 Å². The molecule has 1 aliphatic rings. The lowest BCUT2D eigenvalue weighted by Gasteiger charge is -2.36. The van der Waals surface area contributed by atoms with E-state index in [1.54, 1.807) is 11.3 Å².